The summed E-state index contributed by atoms with van der Waals surface area (Å²) >= 11 is 0. The highest BCUT2D eigenvalue weighted by Gasteiger charge is 2.42. The van der Waals surface area contributed by atoms with Crippen molar-refractivity contribution in [3.05, 3.63) is 53.0 Å². The Hall–Kier alpha value is -2.69. The molecular weight excluding hydrogens is 437 g/mol. The minimum absolute atomic E-state index is 0.0614. The Bertz CT molecular complexity index is 1210. The average Bonchev–Trinajstić information content (AvgIpc) is 3.14. The lowest BCUT2D eigenvalue weighted by atomic mass is 9.60. The number of carbonyl (C=O) groups excluding carboxylic acids is 1. The van der Waals surface area contributed by atoms with Crippen molar-refractivity contribution in [3.63, 3.8) is 0 Å². The molecule has 1 aromatic heterocycles. The van der Waals surface area contributed by atoms with Gasteiger partial charge in [0, 0.05) is 40.0 Å². The standard InChI is InChI=1S/C30H38FN3O/c1-19(35)22-16-30(2,17-22)13-12-25-26-15-27(33)21(18-32)14-28(26)34(24-10-8-23(31)9-11-24)29(25)20-6-4-3-5-7-20/h8-10,14-15,18,20,22,24,32H,3-7,11-13,16-17,33H2,1-2H3. The molecule has 4 nitrogen and oxygen atoms in total. The maximum atomic E-state index is 13.9. The van der Waals surface area contributed by atoms with Gasteiger partial charge in [0.2, 0.25) is 0 Å². The van der Waals surface area contributed by atoms with Gasteiger partial charge in [0.1, 0.15) is 11.6 Å². The van der Waals surface area contributed by atoms with Gasteiger partial charge in [-0.25, -0.2) is 4.39 Å². The zero-order valence-electron chi connectivity index (χ0n) is 21.1. The van der Waals surface area contributed by atoms with E-state index in [4.69, 9.17) is 11.1 Å². The number of hydrogen-bond donors (Lipinski definition) is 2. The van der Waals surface area contributed by atoms with E-state index in [0.29, 0.717) is 23.8 Å². The van der Waals surface area contributed by atoms with E-state index in [-0.39, 0.29) is 23.2 Å². The van der Waals surface area contributed by atoms with E-state index < -0.39 is 0 Å². The van der Waals surface area contributed by atoms with Gasteiger partial charge < -0.3 is 15.7 Å². The second-order valence-corrected chi connectivity index (χ2v) is 11.5. The maximum absolute atomic E-state index is 13.9. The van der Waals surface area contributed by atoms with Gasteiger partial charge in [-0.3, -0.25) is 4.79 Å². The zero-order valence-corrected chi connectivity index (χ0v) is 21.1. The molecule has 0 radical (unpaired) electrons. The van der Waals surface area contributed by atoms with Crippen LogP contribution in [0.4, 0.5) is 10.1 Å². The first kappa shape index (κ1) is 24.0. The zero-order chi connectivity index (χ0) is 24.7. The summed E-state index contributed by atoms with van der Waals surface area (Å²) in [6.45, 7) is 4.04. The average molecular weight is 476 g/mol. The van der Waals surface area contributed by atoms with Crippen LogP contribution in [0.3, 0.4) is 0 Å². The summed E-state index contributed by atoms with van der Waals surface area (Å²) in [4.78, 5) is 11.8. The summed E-state index contributed by atoms with van der Waals surface area (Å²) in [6.07, 6.45) is 17.4. The highest BCUT2D eigenvalue weighted by Crippen LogP contribution is 2.50. The number of nitrogens with zero attached hydrogens (tertiary/aromatic N) is 1. The minimum atomic E-state index is -0.167. The first-order valence-electron chi connectivity index (χ1n) is 13.3. The van der Waals surface area contributed by atoms with Gasteiger partial charge >= 0.3 is 0 Å². The Kier molecular flexibility index (Phi) is 6.45. The summed E-state index contributed by atoms with van der Waals surface area (Å²) in [5, 5.41) is 9.07. The van der Waals surface area contributed by atoms with Gasteiger partial charge in [-0.05, 0) is 93.1 Å². The van der Waals surface area contributed by atoms with Gasteiger partial charge in [0.15, 0.2) is 0 Å². The number of aryl methyl sites for hydroxylation is 1. The monoisotopic (exact) mass is 475 g/mol. The van der Waals surface area contributed by atoms with Crippen LogP contribution >= 0.6 is 0 Å². The van der Waals surface area contributed by atoms with Crippen molar-refractivity contribution in [2.75, 3.05) is 5.73 Å². The summed E-state index contributed by atoms with van der Waals surface area (Å²) < 4.78 is 16.4. The van der Waals surface area contributed by atoms with Crippen molar-refractivity contribution < 1.29 is 9.18 Å². The Morgan fingerprint density at radius 2 is 2.00 bits per heavy atom. The molecule has 3 aliphatic carbocycles. The van der Waals surface area contributed by atoms with Crippen LogP contribution in [0.25, 0.3) is 10.9 Å². The number of halogens is 1. The predicted octanol–water partition coefficient (Wildman–Crippen LogP) is 7.56. The molecule has 0 saturated heterocycles. The maximum Gasteiger partial charge on any atom is 0.132 e. The highest BCUT2D eigenvalue weighted by atomic mass is 19.1. The number of benzene rings is 1. The third kappa shape index (κ3) is 4.50. The molecule has 1 atom stereocenters. The first-order valence-corrected chi connectivity index (χ1v) is 13.3. The molecule has 1 unspecified atom stereocenters. The molecule has 0 spiro atoms. The number of nitrogen functional groups attached to an aromatic ring is 1. The normalized spacial score (nSPS) is 27.0. The minimum Gasteiger partial charge on any atom is -0.398 e. The summed E-state index contributed by atoms with van der Waals surface area (Å²) in [5.74, 6) is 0.857. The molecule has 3 N–H and O–H groups in total. The Morgan fingerprint density at radius 1 is 1.26 bits per heavy atom. The number of allylic oxidation sites excluding steroid dienone is 4. The number of rotatable bonds is 7. The second-order valence-electron chi connectivity index (χ2n) is 11.5. The van der Waals surface area contributed by atoms with Gasteiger partial charge in [0.25, 0.3) is 0 Å². The van der Waals surface area contributed by atoms with Crippen molar-refractivity contribution in [3.8, 4) is 0 Å². The number of Topliss-reactive ketones (excluding diaryl/α,β-unsaturated/α-hetero) is 1. The number of hydrogen-bond acceptors (Lipinski definition) is 3. The van der Waals surface area contributed by atoms with E-state index in [9.17, 15) is 9.18 Å². The Morgan fingerprint density at radius 3 is 2.63 bits per heavy atom. The summed E-state index contributed by atoms with van der Waals surface area (Å²) in [6, 6.07) is 4.19. The largest absolute Gasteiger partial charge is 0.398 e. The molecule has 0 aliphatic heterocycles. The van der Waals surface area contributed by atoms with E-state index in [2.05, 4.69) is 23.6 Å². The molecule has 1 heterocycles. The molecular formula is C30H38FN3O. The summed E-state index contributed by atoms with van der Waals surface area (Å²) in [5.41, 5.74) is 11.9. The Labute approximate surface area is 208 Å². The van der Waals surface area contributed by atoms with Gasteiger partial charge in [-0.2, -0.15) is 0 Å². The lowest BCUT2D eigenvalue weighted by Gasteiger charge is -2.44. The van der Waals surface area contributed by atoms with Crippen LogP contribution in [-0.2, 0) is 11.2 Å². The number of nitrogens with two attached hydrogens (primary N) is 1. The second kappa shape index (κ2) is 9.40. The molecule has 5 heteroatoms. The van der Waals surface area contributed by atoms with E-state index in [1.54, 1.807) is 19.1 Å². The van der Waals surface area contributed by atoms with Crippen LogP contribution in [-0.4, -0.2) is 16.6 Å². The fourth-order valence-electron chi connectivity index (χ4n) is 6.86. The molecule has 2 fully saturated rings. The third-order valence-corrected chi connectivity index (χ3v) is 8.90. The SMILES string of the molecule is CC(=O)C1CC(C)(CCc2c(C3CCCCC3)n(C3C=CC(F)=CC3)c3cc(C=N)c(N)cc23)C1. The van der Waals surface area contributed by atoms with Crippen molar-refractivity contribution in [2.45, 2.75) is 90.0 Å². The molecule has 5 rings (SSSR count). The number of aromatic nitrogens is 1. The van der Waals surface area contributed by atoms with E-state index in [0.717, 1.165) is 36.8 Å². The van der Waals surface area contributed by atoms with Gasteiger partial charge in [0.05, 0.1) is 6.04 Å². The predicted molar refractivity (Wildman–Crippen MR) is 142 cm³/mol. The third-order valence-electron chi connectivity index (χ3n) is 8.90. The van der Waals surface area contributed by atoms with E-state index in [1.807, 2.05) is 6.08 Å². The van der Waals surface area contributed by atoms with Crippen molar-refractivity contribution >= 4 is 28.6 Å². The fourth-order valence-corrected chi connectivity index (χ4v) is 6.86. The molecule has 1 aromatic carbocycles. The molecule has 35 heavy (non-hydrogen) atoms. The lowest BCUT2D eigenvalue weighted by Crippen LogP contribution is -2.38. The number of fused-ring (bicyclic) bond motifs is 1. The molecule has 2 saturated carbocycles. The molecule has 2 aromatic rings. The topological polar surface area (TPSA) is 71.9 Å². The van der Waals surface area contributed by atoms with Crippen LogP contribution in [0.1, 0.15) is 100 Å². The van der Waals surface area contributed by atoms with Crippen LogP contribution < -0.4 is 5.73 Å². The van der Waals surface area contributed by atoms with Crippen molar-refractivity contribution in [1.29, 1.82) is 5.41 Å². The van der Waals surface area contributed by atoms with Crippen LogP contribution in [0.15, 0.2) is 36.2 Å². The number of carbonyl (C=O) groups is 1. The van der Waals surface area contributed by atoms with Gasteiger partial charge in [-0.1, -0.05) is 32.3 Å². The van der Waals surface area contributed by atoms with E-state index >= 15 is 0 Å². The highest BCUT2D eigenvalue weighted by molar-refractivity contribution is 5.97. The molecule has 186 valence electrons. The quantitative estimate of drug-likeness (QED) is 0.320. The summed E-state index contributed by atoms with van der Waals surface area (Å²) in [7, 11) is 0. The molecule has 0 amide bonds. The van der Waals surface area contributed by atoms with Crippen molar-refractivity contribution in [2.24, 2.45) is 11.3 Å². The first-order chi connectivity index (χ1) is 16.8. The number of nitrogens with one attached hydrogen (secondary N) is 1. The lowest BCUT2D eigenvalue weighted by molar-refractivity contribution is -0.127. The van der Waals surface area contributed by atoms with Gasteiger partial charge in [-0.15, -0.1) is 0 Å². The van der Waals surface area contributed by atoms with Crippen LogP contribution in [0, 0.1) is 16.7 Å². The number of ketones is 1. The number of anilines is 1. The van der Waals surface area contributed by atoms with Crippen LogP contribution in [0.2, 0.25) is 0 Å². The van der Waals surface area contributed by atoms with Crippen molar-refractivity contribution in [1.82, 2.24) is 4.57 Å². The molecule has 0 bridgehead atoms. The Balaban J connectivity index is 1.62. The molecule has 3 aliphatic rings. The van der Waals surface area contributed by atoms with E-state index in [1.165, 1.54) is 55.0 Å². The smallest absolute Gasteiger partial charge is 0.132 e. The fraction of sp³-hybridized carbons (Fsp3) is 0.533. The van der Waals surface area contributed by atoms with Crippen LogP contribution in [0.5, 0.6) is 0 Å².